The first-order valence-electron chi connectivity index (χ1n) is 34.2. The van der Waals surface area contributed by atoms with Gasteiger partial charge in [-0.25, -0.2) is 0 Å². The fourth-order valence-electron chi connectivity index (χ4n) is 9.76. The second-order valence-electron chi connectivity index (χ2n) is 22.7. The standard InChI is InChI=1S/C74H128O6/c1-4-7-10-13-16-19-21-23-25-27-29-31-32-33-34-35-36-37-38-39-40-41-42-43-45-46-48-50-52-55-58-61-64-67-73(76)79-70-71(69-78-72(75)66-63-60-57-54-18-15-12-9-6-3)80-74(77)68-65-62-59-56-53-51-49-47-44-30-28-26-24-22-20-17-14-11-8-5-2/h7,10,16,19,23,25,29,31,33-34,36-37,39-40,42-43,71H,4-6,8-9,11-15,17-18,20-22,24,26-28,30,32,35,38,41,44-70H2,1-3H3/b10-7-,19-16-,25-23-,31-29-,34-33-,37-36-,40-39-,43-42-. The van der Waals surface area contributed by atoms with E-state index in [4.69, 9.17) is 14.2 Å². The Morgan fingerprint density at radius 1 is 0.263 bits per heavy atom. The number of esters is 3. The zero-order valence-corrected chi connectivity index (χ0v) is 52.8. The van der Waals surface area contributed by atoms with E-state index in [9.17, 15) is 14.4 Å². The molecular weight excluding hydrogens is 985 g/mol. The van der Waals surface area contributed by atoms with Crippen LogP contribution in [-0.2, 0) is 28.6 Å². The van der Waals surface area contributed by atoms with Gasteiger partial charge in [0, 0.05) is 19.3 Å². The first-order valence-corrected chi connectivity index (χ1v) is 34.2. The van der Waals surface area contributed by atoms with Crippen LogP contribution in [0.4, 0.5) is 0 Å². The molecule has 6 nitrogen and oxygen atoms in total. The Bertz CT molecular complexity index is 1560. The van der Waals surface area contributed by atoms with Crippen LogP contribution in [0.1, 0.15) is 335 Å². The Kier molecular flexibility index (Phi) is 64.7. The molecule has 0 aliphatic heterocycles. The third kappa shape index (κ3) is 65.1. The quantitative estimate of drug-likeness (QED) is 0.0261. The molecule has 0 N–H and O–H groups in total. The molecule has 0 fully saturated rings. The van der Waals surface area contributed by atoms with Crippen LogP contribution in [0, 0.1) is 0 Å². The van der Waals surface area contributed by atoms with Gasteiger partial charge in [-0.2, -0.15) is 0 Å². The van der Waals surface area contributed by atoms with E-state index in [1.54, 1.807) is 0 Å². The SMILES string of the molecule is CC/C=C\C/C=C\C/C=C\C/C=C\C/C=C\C/C=C\C/C=C\C/C=C\CCCCCCCCCCC(=O)OCC(COC(=O)CCCCCCCCCCC)OC(=O)CCCCCCCCCCCCCCCCCCCCCC. The number of carbonyl (C=O) groups is 3. The zero-order chi connectivity index (χ0) is 57.8. The highest BCUT2D eigenvalue weighted by molar-refractivity contribution is 5.71. The van der Waals surface area contributed by atoms with Crippen LogP contribution in [0.3, 0.4) is 0 Å². The largest absolute Gasteiger partial charge is 0.462 e. The van der Waals surface area contributed by atoms with Crippen LogP contribution in [0.15, 0.2) is 97.2 Å². The third-order valence-corrected chi connectivity index (χ3v) is 14.9. The van der Waals surface area contributed by atoms with E-state index in [2.05, 4.69) is 118 Å². The molecule has 80 heavy (non-hydrogen) atoms. The van der Waals surface area contributed by atoms with E-state index >= 15 is 0 Å². The number of ether oxygens (including phenoxy) is 3. The topological polar surface area (TPSA) is 78.9 Å². The highest BCUT2D eigenvalue weighted by Crippen LogP contribution is 2.17. The average molecular weight is 1110 g/mol. The minimum absolute atomic E-state index is 0.0749. The molecule has 0 heterocycles. The molecule has 0 spiro atoms. The van der Waals surface area contributed by atoms with Crippen molar-refractivity contribution in [2.45, 2.75) is 341 Å². The van der Waals surface area contributed by atoms with Gasteiger partial charge in [-0.15, -0.1) is 0 Å². The first-order chi connectivity index (χ1) is 39.5. The molecule has 1 atom stereocenters. The second kappa shape index (κ2) is 67.8. The summed E-state index contributed by atoms with van der Waals surface area (Å²) < 4.78 is 16.9. The molecule has 0 bridgehead atoms. The fraction of sp³-hybridized carbons (Fsp3) is 0.743. The van der Waals surface area contributed by atoms with Gasteiger partial charge < -0.3 is 14.2 Å². The Labute approximate surface area is 496 Å². The van der Waals surface area contributed by atoms with Crippen molar-refractivity contribution in [3.63, 3.8) is 0 Å². The maximum absolute atomic E-state index is 12.9. The molecule has 0 aliphatic carbocycles. The lowest BCUT2D eigenvalue weighted by molar-refractivity contribution is -0.167. The molecule has 6 heteroatoms. The Balaban J connectivity index is 4.18. The summed E-state index contributed by atoms with van der Waals surface area (Å²) in [7, 11) is 0. The number of hydrogen-bond donors (Lipinski definition) is 0. The van der Waals surface area contributed by atoms with E-state index in [-0.39, 0.29) is 31.1 Å². The molecule has 0 aliphatic rings. The van der Waals surface area contributed by atoms with Crippen LogP contribution in [0.25, 0.3) is 0 Å². The minimum Gasteiger partial charge on any atom is -0.462 e. The summed E-state index contributed by atoms with van der Waals surface area (Å²) >= 11 is 0. The molecule has 0 aromatic carbocycles. The molecule has 0 aromatic heterocycles. The summed E-state index contributed by atoms with van der Waals surface area (Å²) in [5.41, 5.74) is 0. The Morgan fingerprint density at radius 2 is 0.487 bits per heavy atom. The van der Waals surface area contributed by atoms with Crippen LogP contribution in [0.5, 0.6) is 0 Å². The van der Waals surface area contributed by atoms with Crippen molar-refractivity contribution < 1.29 is 28.6 Å². The summed E-state index contributed by atoms with van der Waals surface area (Å²) in [5, 5.41) is 0. The maximum Gasteiger partial charge on any atom is 0.306 e. The fourth-order valence-corrected chi connectivity index (χ4v) is 9.76. The van der Waals surface area contributed by atoms with Crippen molar-refractivity contribution in [1.29, 1.82) is 0 Å². The molecule has 460 valence electrons. The number of carbonyl (C=O) groups excluding carboxylic acids is 3. The highest BCUT2D eigenvalue weighted by atomic mass is 16.6. The third-order valence-electron chi connectivity index (χ3n) is 14.9. The van der Waals surface area contributed by atoms with Gasteiger partial charge in [0.05, 0.1) is 0 Å². The van der Waals surface area contributed by atoms with E-state index in [1.807, 2.05) is 0 Å². The number of rotatable bonds is 62. The molecule has 0 rings (SSSR count). The average Bonchev–Trinajstić information content (AvgIpc) is 3.46. The summed E-state index contributed by atoms with van der Waals surface area (Å²) in [5.74, 6) is -0.871. The summed E-state index contributed by atoms with van der Waals surface area (Å²) in [6, 6.07) is 0. The van der Waals surface area contributed by atoms with Crippen molar-refractivity contribution in [2.75, 3.05) is 13.2 Å². The number of hydrogen-bond acceptors (Lipinski definition) is 6. The minimum atomic E-state index is -0.777. The Hall–Kier alpha value is -3.67. The molecule has 0 radical (unpaired) electrons. The van der Waals surface area contributed by atoms with Gasteiger partial charge in [0.1, 0.15) is 13.2 Å². The Morgan fingerprint density at radius 3 is 0.762 bits per heavy atom. The monoisotopic (exact) mass is 1110 g/mol. The van der Waals surface area contributed by atoms with Gasteiger partial charge in [0.2, 0.25) is 0 Å². The lowest BCUT2D eigenvalue weighted by Crippen LogP contribution is -2.30. The first kappa shape index (κ1) is 76.3. The van der Waals surface area contributed by atoms with Crippen molar-refractivity contribution >= 4 is 17.9 Å². The van der Waals surface area contributed by atoms with Gasteiger partial charge in [0.15, 0.2) is 6.10 Å². The predicted molar refractivity (Wildman–Crippen MR) is 348 cm³/mol. The summed E-state index contributed by atoms with van der Waals surface area (Å²) in [4.78, 5) is 38.2. The summed E-state index contributed by atoms with van der Waals surface area (Å²) in [6.07, 6.45) is 91.5. The second-order valence-corrected chi connectivity index (χ2v) is 22.7. The lowest BCUT2D eigenvalue weighted by atomic mass is 10.0. The van der Waals surface area contributed by atoms with E-state index in [1.165, 1.54) is 180 Å². The van der Waals surface area contributed by atoms with Crippen LogP contribution >= 0.6 is 0 Å². The van der Waals surface area contributed by atoms with Gasteiger partial charge in [-0.3, -0.25) is 14.4 Å². The van der Waals surface area contributed by atoms with Gasteiger partial charge in [-0.1, -0.05) is 330 Å². The maximum atomic E-state index is 12.9. The molecule has 0 amide bonds. The van der Waals surface area contributed by atoms with E-state index in [0.29, 0.717) is 19.3 Å². The van der Waals surface area contributed by atoms with Crippen molar-refractivity contribution in [2.24, 2.45) is 0 Å². The van der Waals surface area contributed by atoms with Crippen LogP contribution < -0.4 is 0 Å². The van der Waals surface area contributed by atoms with Crippen molar-refractivity contribution in [1.82, 2.24) is 0 Å². The normalized spacial score (nSPS) is 12.7. The van der Waals surface area contributed by atoms with E-state index < -0.39 is 6.10 Å². The zero-order valence-electron chi connectivity index (χ0n) is 52.8. The number of unbranched alkanes of at least 4 members (excludes halogenated alkanes) is 35. The van der Waals surface area contributed by atoms with Crippen LogP contribution in [0.2, 0.25) is 0 Å². The molecule has 0 saturated carbocycles. The highest BCUT2D eigenvalue weighted by Gasteiger charge is 2.19. The van der Waals surface area contributed by atoms with Gasteiger partial charge in [0.25, 0.3) is 0 Å². The summed E-state index contributed by atoms with van der Waals surface area (Å²) in [6.45, 7) is 6.54. The molecular formula is C74H128O6. The molecule has 0 aromatic rings. The molecule has 0 saturated heterocycles. The molecule has 1 unspecified atom stereocenters. The number of allylic oxidation sites excluding steroid dienone is 16. The predicted octanol–water partition coefficient (Wildman–Crippen LogP) is 23.6. The lowest BCUT2D eigenvalue weighted by Gasteiger charge is -2.18. The smallest absolute Gasteiger partial charge is 0.306 e. The van der Waals surface area contributed by atoms with Gasteiger partial charge in [-0.05, 0) is 83.5 Å². The van der Waals surface area contributed by atoms with Crippen molar-refractivity contribution in [3.05, 3.63) is 97.2 Å². The van der Waals surface area contributed by atoms with Crippen molar-refractivity contribution in [3.8, 4) is 0 Å². The van der Waals surface area contributed by atoms with Gasteiger partial charge >= 0.3 is 17.9 Å². The van der Waals surface area contributed by atoms with E-state index in [0.717, 1.165) is 116 Å². The van der Waals surface area contributed by atoms with Crippen LogP contribution in [-0.4, -0.2) is 37.2 Å².